The molecule has 2 aromatic rings. The van der Waals surface area contributed by atoms with Crippen molar-refractivity contribution < 1.29 is 14.7 Å². The maximum Gasteiger partial charge on any atom is 0.240 e. The van der Waals surface area contributed by atoms with E-state index in [-0.39, 0.29) is 23.9 Å². The predicted octanol–water partition coefficient (Wildman–Crippen LogP) is 1.52. The lowest BCUT2D eigenvalue weighted by Gasteiger charge is -2.15. The van der Waals surface area contributed by atoms with Gasteiger partial charge in [-0.25, -0.2) is 0 Å². The van der Waals surface area contributed by atoms with Gasteiger partial charge in [0.25, 0.3) is 0 Å². The molecule has 1 saturated heterocycles. The summed E-state index contributed by atoms with van der Waals surface area (Å²) in [6, 6.07) is 10.2. The van der Waals surface area contributed by atoms with E-state index in [4.69, 9.17) is 4.52 Å². The van der Waals surface area contributed by atoms with Gasteiger partial charge in [-0.2, -0.15) is 4.98 Å². The normalized spacial score (nSPS) is 34.7. The van der Waals surface area contributed by atoms with E-state index in [0.29, 0.717) is 24.9 Å². The van der Waals surface area contributed by atoms with Crippen molar-refractivity contribution in [2.75, 3.05) is 19.7 Å². The second-order valence-corrected chi connectivity index (χ2v) is 7.80. The van der Waals surface area contributed by atoms with Crippen LogP contribution in [0.3, 0.4) is 0 Å². The van der Waals surface area contributed by atoms with E-state index < -0.39 is 6.10 Å². The zero-order valence-corrected chi connectivity index (χ0v) is 14.1. The van der Waals surface area contributed by atoms with Crippen molar-refractivity contribution in [3.05, 3.63) is 47.6 Å². The van der Waals surface area contributed by atoms with E-state index in [1.54, 1.807) is 0 Å². The van der Waals surface area contributed by atoms with Gasteiger partial charge in [-0.05, 0) is 30.2 Å². The SMILES string of the molecule is OC[C@@H]1[C@@H](c2ccccc2)[C@]12CN(Cc1nc(C3CC3)no1)C[C@@H]2O. The number of nitrogens with zero attached hydrogens (tertiary/aromatic N) is 3. The van der Waals surface area contributed by atoms with Gasteiger partial charge in [-0.3, -0.25) is 4.90 Å². The lowest BCUT2D eigenvalue weighted by molar-refractivity contribution is 0.111. The van der Waals surface area contributed by atoms with Crippen LogP contribution in [0.25, 0.3) is 0 Å². The summed E-state index contributed by atoms with van der Waals surface area (Å²) in [6.45, 7) is 2.01. The highest BCUT2D eigenvalue weighted by Gasteiger charge is 2.70. The topological polar surface area (TPSA) is 82.6 Å². The molecule has 5 rings (SSSR count). The van der Waals surface area contributed by atoms with Crippen LogP contribution in [0.15, 0.2) is 34.9 Å². The molecule has 1 spiro atoms. The average Bonchev–Trinajstić information content (AvgIpc) is 3.49. The van der Waals surface area contributed by atoms with Crippen molar-refractivity contribution in [2.24, 2.45) is 11.3 Å². The molecule has 2 aliphatic carbocycles. The zero-order valence-electron chi connectivity index (χ0n) is 14.1. The summed E-state index contributed by atoms with van der Waals surface area (Å²) in [6.07, 6.45) is 1.86. The maximum atomic E-state index is 10.8. The molecule has 2 saturated carbocycles. The fourth-order valence-electron chi connectivity index (χ4n) is 4.81. The summed E-state index contributed by atoms with van der Waals surface area (Å²) in [4.78, 5) is 6.68. The summed E-state index contributed by atoms with van der Waals surface area (Å²) in [5, 5.41) is 24.7. The Bertz CT molecular complexity index is 760. The van der Waals surface area contributed by atoms with Gasteiger partial charge >= 0.3 is 0 Å². The molecular weight excluding hydrogens is 318 g/mol. The minimum absolute atomic E-state index is 0.108. The molecule has 25 heavy (non-hydrogen) atoms. The second-order valence-electron chi connectivity index (χ2n) is 7.80. The van der Waals surface area contributed by atoms with E-state index in [9.17, 15) is 10.2 Å². The molecule has 3 fully saturated rings. The summed E-state index contributed by atoms with van der Waals surface area (Å²) < 4.78 is 5.38. The molecule has 0 unspecified atom stereocenters. The van der Waals surface area contributed by atoms with Gasteiger partial charge in [0.1, 0.15) is 0 Å². The number of hydrogen-bond acceptors (Lipinski definition) is 6. The molecule has 6 nitrogen and oxygen atoms in total. The Balaban J connectivity index is 1.33. The Kier molecular flexibility index (Phi) is 3.48. The Morgan fingerprint density at radius 2 is 2.04 bits per heavy atom. The van der Waals surface area contributed by atoms with E-state index in [1.165, 1.54) is 5.56 Å². The fourth-order valence-corrected chi connectivity index (χ4v) is 4.81. The summed E-state index contributed by atoms with van der Waals surface area (Å²) in [5.41, 5.74) is 0.950. The smallest absolute Gasteiger partial charge is 0.240 e. The minimum Gasteiger partial charge on any atom is -0.396 e. The minimum atomic E-state index is -0.444. The number of likely N-dealkylation sites (tertiary alicyclic amines) is 1. The third kappa shape index (κ3) is 2.43. The molecule has 2 N–H and O–H groups in total. The van der Waals surface area contributed by atoms with Crippen molar-refractivity contribution in [3.63, 3.8) is 0 Å². The first-order chi connectivity index (χ1) is 12.2. The molecule has 3 aliphatic rings. The molecular formula is C19H23N3O3. The number of hydrogen-bond donors (Lipinski definition) is 2. The van der Waals surface area contributed by atoms with E-state index >= 15 is 0 Å². The molecule has 1 aromatic heterocycles. The number of β-amino-alcohol motifs (C(OH)–C–C–N with tert-alkyl or cyclic N) is 1. The van der Waals surface area contributed by atoms with Crippen LogP contribution in [-0.4, -0.2) is 51.1 Å². The summed E-state index contributed by atoms with van der Waals surface area (Å²) in [7, 11) is 0. The lowest BCUT2D eigenvalue weighted by Crippen LogP contribution is -2.23. The molecule has 132 valence electrons. The van der Waals surface area contributed by atoms with Crippen LogP contribution >= 0.6 is 0 Å². The molecule has 1 aliphatic heterocycles. The van der Waals surface area contributed by atoms with E-state index in [0.717, 1.165) is 25.2 Å². The van der Waals surface area contributed by atoms with Crippen LogP contribution in [0.4, 0.5) is 0 Å². The van der Waals surface area contributed by atoms with Crippen LogP contribution in [-0.2, 0) is 6.54 Å². The predicted molar refractivity (Wildman–Crippen MR) is 89.7 cm³/mol. The van der Waals surface area contributed by atoms with Crippen molar-refractivity contribution in [3.8, 4) is 0 Å². The third-order valence-electron chi connectivity index (χ3n) is 6.25. The average molecular weight is 341 g/mol. The monoisotopic (exact) mass is 341 g/mol. The molecule has 4 atom stereocenters. The fraction of sp³-hybridized carbons (Fsp3) is 0.579. The van der Waals surface area contributed by atoms with Crippen LogP contribution in [0.5, 0.6) is 0 Å². The summed E-state index contributed by atoms with van der Waals surface area (Å²) in [5.74, 6) is 2.26. The van der Waals surface area contributed by atoms with Gasteiger partial charge in [0.15, 0.2) is 5.82 Å². The second kappa shape index (κ2) is 5.62. The van der Waals surface area contributed by atoms with Crippen LogP contribution in [0.1, 0.15) is 42.0 Å². The first-order valence-corrected chi connectivity index (χ1v) is 9.11. The van der Waals surface area contributed by atoms with Gasteiger partial charge in [0.05, 0.1) is 12.6 Å². The standard InChI is InChI=1S/C19H23N3O3/c23-10-14-17(12-4-2-1-3-5-12)19(14)11-22(8-15(19)24)9-16-20-18(21-25-16)13-6-7-13/h1-5,13-15,17,23-24H,6-11H2/t14-,15+,17-,19-/m1/s1. The van der Waals surface area contributed by atoms with Crippen molar-refractivity contribution >= 4 is 0 Å². The van der Waals surface area contributed by atoms with Crippen LogP contribution < -0.4 is 0 Å². The summed E-state index contributed by atoms with van der Waals surface area (Å²) >= 11 is 0. The first kappa shape index (κ1) is 15.5. The molecule has 6 heteroatoms. The van der Waals surface area contributed by atoms with Crippen molar-refractivity contribution in [1.82, 2.24) is 15.0 Å². The first-order valence-electron chi connectivity index (χ1n) is 9.11. The van der Waals surface area contributed by atoms with Gasteiger partial charge < -0.3 is 14.7 Å². The number of aliphatic hydroxyl groups excluding tert-OH is 2. The van der Waals surface area contributed by atoms with Gasteiger partial charge in [0.2, 0.25) is 5.89 Å². The maximum absolute atomic E-state index is 10.8. The molecule has 0 radical (unpaired) electrons. The van der Waals surface area contributed by atoms with Crippen molar-refractivity contribution in [1.29, 1.82) is 0 Å². The Morgan fingerprint density at radius 3 is 2.76 bits per heavy atom. The lowest BCUT2D eigenvalue weighted by atomic mass is 9.95. The van der Waals surface area contributed by atoms with Crippen LogP contribution in [0, 0.1) is 11.3 Å². The highest BCUT2D eigenvalue weighted by molar-refractivity contribution is 5.36. The highest BCUT2D eigenvalue weighted by Crippen LogP contribution is 2.68. The number of rotatable bonds is 5. The van der Waals surface area contributed by atoms with E-state index in [1.807, 2.05) is 18.2 Å². The molecule has 2 heterocycles. The number of benzene rings is 1. The van der Waals surface area contributed by atoms with Crippen LogP contribution in [0.2, 0.25) is 0 Å². The van der Waals surface area contributed by atoms with Gasteiger partial charge in [-0.1, -0.05) is 35.5 Å². The number of aromatic nitrogens is 2. The largest absolute Gasteiger partial charge is 0.396 e. The Labute approximate surface area is 146 Å². The van der Waals surface area contributed by atoms with Gasteiger partial charge in [0, 0.05) is 31.0 Å². The van der Waals surface area contributed by atoms with Gasteiger partial charge in [-0.15, -0.1) is 0 Å². The molecule has 0 bridgehead atoms. The molecule has 1 aromatic carbocycles. The Morgan fingerprint density at radius 1 is 1.24 bits per heavy atom. The number of aliphatic hydroxyl groups is 2. The third-order valence-corrected chi connectivity index (χ3v) is 6.25. The quantitative estimate of drug-likeness (QED) is 0.858. The molecule has 0 amide bonds. The zero-order chi connectivity index (χ0) is 17.0. The van der Waals surface area contributed by atoms with E-state index in [2.05, 4.69) is 27.2 Å². The van der Waals surface area contributed by atoms with Crippen molar-refractivity contribution in [2.45, 2.75) is 37.3 Å². The highest BCUT2D eigenvalue weighted by atomic mass is 16.5. The Hall–Kier alpha value is -1.76.